The van der Waals surface area contributed by atoms with Crippen molar-refractivity contribution in [1.29, 1.82) is 0 Å². The van der Waals surface area contributed by atoms with Crippen molar-refractivity contribution in [2.24, 2.45) is 0 Å². The molecule has 6 nitrogen and oxygen atoms in total. The van der Waals surface area contributed by atoms with Gasteiger partial charge in [-0.1, -0.05) is 30.7 Å². The van der Waals surface area contributed by atoms with Gasteiger partial charge in [-0.3, -0.25) is 9.10 Å². The lowest BCUT2D eigenvalue weighted by Crippen LogP contribution is -2.50. The first kappa shape index (κ1) is 23.0. The average molecular weight is 439 g/mol. The van der Waals surface area contributed by atoms with Gasteiger partial charge < -0.3 is 10.1 Å². The Balaban J connectivity index is 2.05. The summed E-state index contributed by atoms with van der Waals surface area (Å²) >= 11 is 5.90. The third-order valence-electron chi connectivity index (χ3n) is 4.62. The number of ether oxygens (including phenoxy) is 1. The molecule has 2 rings (SSSR count). The number of hydrogen-bond acceptors (Lipinski definition) is 4. The summed E-state index contributed by atoms with van der Waals surface area (Å²) in [5.74, 6) is 0.391. The summed E-state index contributed by atoms with van der Waals surface area (Å²) in [4.78, 5) is 12.7. The number of amides is 1. The van der Waals surface area contributed by atoms with Crippen LogP contribution in [0.5, 0.6) is 5.75 Å². The Morgan fingerprint density at radius 3 is 2.41 bits per heavy atom. The molecule has 0 spiro atoms. The van der Waals surface area contributed by atoms with E-state index in [0.29, 0.717) is 17.1 Å². The number of anilines is 1. The summed E-state index contributed by atoms with van der Waals surface area (Å²) in [5, 5.41) is 3.26. The molecule has 0 radical (unpaired) electrons. The predicted molar refractivity (Wildman–Crippen MR) is 117 cm³/mol. The lowest BCUT2D eigenvalue weighted by molar-refractivity contribution is -0.122. The molecule has 1 atom stereocenters. The van der Waals surface area contributed by atoms with Gasteiger partial charge in [-0.25, -0.2) is 8.42 Å². The Morgan fingerprint density at radius 2 is 1.83 bits per heavy atom. The highest BCUT2D eigenvalue weighted by Crippen LogP contribution is 2.24. The predicted octanol–water partition coefficient (Wildman–Crippen LogP) is 3.70. The van der Waals surface area contributed by atoms with Crippen molar-refractivity contribution in [3.63, 3.8) is 0 Å². The summed E-state index contributed by atoms with van der Waals surface area (Å²) < 4.78 is 31.7. The van der Waals surface area contributed by atoms with Crippen LogP contribution in [-0.4, -0.2) is 39.8 Å². The largest absolute Gasteiger partial charge is 0.491 e. The van der Waals surface area contributed by atoms with E-state index in [4.69, 9.17) is 16.3 Å². The summed E-state index contributed by atoms with van der Waals surface area (Å²) in [5.41, 5.74) is 2.58. The van der Waals surface area contributed by atoms with E-state index in [0.717, 1.165) is 27.4 Å². The van der Waals surface area contributed by atoms with Crippen LogP contribution in [0.25, 0.3) is 0 Å². The van der Waals surface area contributed by atoms with Gasteiger partial charge in [0.2, 0.25) is 15.9 Å². The molecule has 29 heavy (non-hydrogen) atoms. The van der Waals surface area contributed by atoms with E-state index in [1.54, 1.807) is 31.2 Å². The zero-order valence-electron chi connectivity index (χ0n) is 17.1. The highest BCUT2D eigenvalue weighted by atomic mass is 35.5. The van der Waals surface area contributed by atoms with Crippen molar-refractivity contribution in [3.05, 3.63) is 58.6 Å². The van der Waals surface area contributed by atoms with Crippen LogP contribution in [0.15, 0.2) is 42.5 Å². The molecular weight excluding hydrogens is 412 g/mol. The van der Waals surface area contributed by atoms with E-state index in [1.165, 1.54) is 0 Å². The van der Waals surface area contributed by atoms with Gasteiger partial charge in [-0.05, 0) is 61.7 Å². The second-order valence-electron chi connectivity index (χ2n) is 6.80. The van der Waals surface area contributed by atoms with E-state index < -0.39 is 16.1 Å². The number of benzene rings is 2. The van der Waals surface area contributed by atoms with Gasteiger partial charge in [0.1, 0.15) is 18.4 Å². The monoisotopic (exact) mass is 438 g/mol. The topological polar surface area (TPSA) is 75.7 Å². The van der Waals surface area contributed by atoms with Crippen molar-refractivity contribution in [2.75, 3.05) is 23.7 Å². The van der Waals surface area contributed by atoms with Crippen molar-refractivity contribution in [1.82, 2.24) is 5.32 Å². The van der Waals surface area contributed by atoms with Crippen molar-refractivity contribution in [3.8, 4) is 5.75 Å². The van der Waals surface area contributed by atoms with Crippen LogP contribution in [0.3, 0.4) is 0 Å². The Kier molecular flexibility index (Phi) is 7.93. The molecule has 0 saturated carbocycles. The van der Waals surface area contributed by atoms with Gasteiger partial charge in [-0.15, -0.1) is 0 Å². The number of halogens is 1. The van der Waals surface area contributed by atoms with Crippen LogP contribution in [0.2, 0.25) is 5.02 Å². The molecule has 8 heteroatoms. The maximum absolute atomic E-state index is 12.7. The molecule has 0 aliphatic rings. The molecular formula is C21H27ClN2O4S. The molecule has 1 amide bonds. The standard InChI is InChI=1S/C21H27ClN2O4S/c1-5-19(24(29(4,26)27)18-11-9-17(22)10-12-18)21(25)23-13-14-28-20-8-6-7-15(2)16(20)3/h6-12,19H,5,13-14H2,1-4H3,(H,23,25)/t19-/m1/s1. The fourth-order valence-corrected chi connectivity index (χ4v) is 4.32. The van der Waals surface area contributed by atoms with E-state index in [-0.39, 0.29) is 19.1 Å². The Hall–Kier alpha value is -2.25. The number of hydrogen-bond donors (Lipinski definition) is 1. The first-order valence-corrected chi connectivity index (χ1v) is 11.6. The number of carbonyl (C=O) groups is 1. The molecule has 158 valence electrons. The SMILES string of the molecule is CC[C@H](C(=O)NCCOc1cccc(C)c1C)N(c1ccc(Cl)cc1)S(C)(=O)=O. The summed E-state index contributed by atoms with van der Waals surface area (Å²) in [7, 11) is -3.67. The van der Waals surface area contributed by atoms with Crippen LogP contribution in [0, 0.1) is 13.8 Å². The Bertz CT molecular complexity index is 946. The number of rotatable bonds is 9. The first-order valence-electron chi connectivity index (χ1n) is 9.36. The van der Waals surface area contributed by atoms with Gasteiger partial charge >= 0.3 is 0 Å². The fraction of sp³-hybridized carbons (Fsp3) is 0.381. The van der Waals surface area contributed by atoms with Gasteiger partial charge in [0.25, 0.3) is 0 Å². The van der Waals surface area contributed by atoms with E-state index in [9.17, 15) is 13.2 Å². The normalized spacial score (nSPS) is 12.3. The molecule has 1 N–H and O–H groups in total. The second kappa shape index (κ2) is 9.98. The van der Waals surface area contributed by atoms with Crippen molar-refractivity contribution < 1.29 is 17.9 Å². The van der Waals surface area contributed by atoms with Gasteiger partial charge in [0, 0.05) is 5.02 Å². The van der Waals surface area contributed by atoms with Crippen LogP contribution in [0.4, 0.5) is 5.69 Å². The third-order valence-corrected chi connectivity index (χ3v) is 6.06. The molecule has 0 aliphatic carbocycles. The number of sulfonamides is 1. The minimum atomic E-state index is -3.67. The minimum absolute atomic E-state index is 0.265. The van der Waals surface area contributed by atoms with E-state index in [2.05, 4.69) is 5.32 Å². The summed E-state index contributed by atoms with van der Waals surface area (Å²) in [6.45, 7) is 6.30. The van der Waals surface area contributed by atoms with E-state index in [1.807, 2.05) is 32.0 Å². The zero-order chi connectivity index (χ0) is 21.6. The van der Waals surface area contributed by atoms with Crippen molar-refractivity contribution >= 4 is 33.2 Å². The van der Waals surface area contributed by atoms with Gasteiger partial charge in [0.05, 0.1) is 18.5 Å². The van der Waals surface area contributed by atoms with Gasteiger partial charge in [0.15, 0.2) is 0 Å². The smallest absolute Gasteiger partial charge is 0.244 e. The number of carbonyl (C=O) groups excluding carboxylic acids is 1. The summed E-state index contributed by atoms with van der Waals surface area (Å²) in [6.07, 6.45) is 1.40. The maximum Gasteiger partial charge on any atom is 0.244 e. The lowest BCUT2D eigenvalue weighted by atomic mass is 10.1. The first-order chi connectivity index (χ1) is 13.6. The number of aryl methyl sites for hydroxylation is 1. The number of nitrogens with zero attached hydrogens (tertiary/aromatic N) is 1. The molecule has 0 heterocycles. The van der Waals surface area contributed by atoms with Crippen molar-refractivity contribution in [2.45, 2.75) is 33.2 Å². The van der Waals surface area contributed by atoms with Crippen LogP contribution in [0.1, 0.15) is 24.5 Å². The highest BCUT2D eigenvalue weighted by Gasteiger charge is 2.31. The fourth-order valence-electron chi connectivity index (χ4n) is 2.98. The highest BCUT2D eigenvalue weighted by molar-refractivity contribution is 7.92. The lowest BCUT2D eigenvalue weighted by Gasteiger charge is -2.30. The molecule has 0 unspecified atom stereocenters. The van der Waals surface area contributed by atoms with Crippen LogP contribution < -0.4 is 14.4 Å². The second-order valence-corrected chi connectivity index (χ2v) is 9.09. The quantitative estimate of drug-likeness (QED) is 0.606. The van der Waals surface area contributed by atoms with Gasteiger partial charge in [-0.2, -0.15) is 0 Å². The van der Waals surface area contributed by atoms with E-state index >= 15 is 0 Å². The minimum Gasteiger partial charge on any atom is -0.491 e. The summed E-state index contributed by atoms with van der Waals surface area (Å²) in [6, 6.07) is 11.3. The maximum atomic E-state index is 12.7. The average Bonchev–Trinajstić information content (AvgIpc) is 2.66. The molecule has 0 bridgehead atoms. The molecule has 0 aromatic heterocycles. The molecule has 0 saturated heterocycles. The Labute approximate surface area is 177 Å². The number of nitrogens with one attached hydrogen (secondary N) is 1. The third kappa shape index (κ3) is 6.11. The molecule has 2 aromatic rings. The molecule has 0 aliphatic heterocycles. The Morgan fingerprint density at radius 1 is 1.17 bits per heavy atom. The van der Waals surface area contributed by atoms with Crippen LogP contribution in [-0.2, 0) is 14.8 Å². The molecule has 2 aromatic carbocycles. The van der Waals surface area contributed by atoms with Crippen LogP contribution >= 0.6 is 11.6 Å². The zero-order valence-corrected chi connectivity index (χ0v) is 18.7. The molecule has 0 fully saturated rings.